The van der Waals surface area contributed by atoms with Crippen LogP contribution in [0.3, 0.4) is 0 Å². The SMILES string of the molecule is O=P(O)(O)OCC1OC(n2cnc3c2ncn2ccnc32)C(O)C1O.[Na]. The molecule has 26 heavy (non-hydrogen) atoms. The number of aliphatic hydroxyl groups excluding tert-OH is 2. The number of imidazole rings is 2. The third kappa shape index (κ3) is 3.45. The van der Waals surface area contributed by atoms with E-state index in [1.54, 1.807) is 16.8 Å². The van der Waals surface area contributed by atoms with Gasteiger partial charge in [-0.3, -0.25) is 13.5 Å². The van der Waals surface area contributed by atoms with Gasteiger partial charge in [0.2, 0.25) is 0 Å². The summed E-state index contributed by atoms with van der Waals surface area (Å²) in [6.45, 7) is -0.580. The molecule has 0 saturated carbocycles. The molecule has 14 heteroatoms. The summed E-state index contributed by atoms with van der Waals surface area (Å²) in [5.74, 6) is 0. The minimum Gasteiger partial charge on any atom is -0.387 e. The maximum Gasteiger partial charge on any atom is 0.469 e. The van der Waals surface area contributed by atoms with E-state index >= 15 is 0 Å². The quantitative estimate of drug-likeness (QED) is 0.300. The molecule has 1 fully saturated rings. The van der Waals surface area contributed by atoms with Crippen molar-refractivity contribution in [2.75, 3.05) is 6.61 Å². The second-order valence-corrected chi connectivity index (χ2v) is 6.80. The van der Waals surface area contributed by atoms with Crippen molar-refractivity contribution in [1.29, 1.82) is 0 Å². The number of ether oxygens (including phenoxy) is 1. The number of fused-ring (bicyclic) bond motifs is 3. The van der Waals surface area contributed by atoms with Crippen molar-refractivity contribution >= 4 is 54.2 Å². The molecule has 4 heterocycles. The summed E-state index contributed by atoms with van der Waals surface area (Å²) in [6, 6.07) is 0. The van der Waals surface area contributed by atoms with Crippen molar-refractivity contribution in [3.63, 3.8) is 0 Å². The van der Waals surface area contributed by atoms with Gasteiger partial charge in [-0.1, -0.05) is 0 Å². The van der Waals surface area contributed by atoms with Crippen molar-refractivity contribution in [3.8, 4) is 0 Å². The first-order chi connectivity index (χ1) is 11.8. The maximum absolute atomic E-state index is 10.8. The van der Waals surface area contributed by atoms with Crippen molar-refractivity contribution in [1.82, 2.24) is 23.9 Å². The second-order valence-electron chi connectivity index (χ2n) is 5.56. The molecule has 1 aliphatic rings. The molecular formula is C12H14N5NaO7P. The number of phosphoric ester groups is 1. The summed E-state index contributed by atoms with van der Waals surface area (Å²) < 4.78 is 23.8. The van der Waals surface area contributed by atoms with Gasteiger partial charge in [-0.15, -0.1) is 0 Å². The van der Waals surface area contributed by atoms with Crippen LogP contribution in [0.2, 0.25) is 0 Å². The van der Waals surface area contributed by atoms with Gasteiger partial charge in [0.05, 0.1) is 12.9 Å². The third-order valence-corrected chi connectivity index (χ3v) is 4.46. The summed E-state index contributed by atoms with van der Waals surface area (Å²) in [7, 11) is -4.72. The van der Waals surface area contributed by atoms with E-state index in [0.29, 0.717) is 16.8 Å². The normalized spacial score (nSPS) is 26.5. The summed E-state index contributed by atoms with van der Waals surface area (Å²) in [5, 5.41) is 20.3. The predicted molar refractivity (Wildman–Crippen MR) is 86.0 cm³/mol. The van der Waals surface area contributed by atoms with Crippen LogP contribution in [0.4, 0.5) is 0 Å². The van der Waals surface area contributed by atoms with E-state index in [9.17, 15) is 14.8 Å². The molecule has 1 radical (unpaired) electrons. The van der Waals surface area contributed by atoms with Crippen molar-refractivity contribution in [2.24, 2.45) is 0 Å². The van der Waals surface area contributed by atoms with Crippen LogP contribution in [-0.2, 0) is 13.8 Å². The van der Waals surface area contributed by atoms with Crippen LogP contribution >= 0.6 is 7.82 Å². The number of aliphatic hydroxyl groups is 2. The van der Waals surface area contributed by atoms with Crippen LogP contribution in [-0.4, -0.2) is 98.4 Å². The molecule has 3 aromatic heterocycles. The van der Waals surface area contributed by atoms with E-state index in [-0.39, 0.29) is 29.6 Å². The van der Waals surface area contributed by atoms with E-state index < -0.39 is 39.0 Å². The molecule has 4 rings (SSSR count). The Morgan fingerprint density at radius 2 is 1.92 bits per heavy atom. The molecule has 4 N–H and O–H groups in total. The van der Waals surface area contributed by atoms with Crippen LogP contribution in [0, 0.1) is 0 Å². The van der Waals surface area contributed by atoms with Gasteiger partial charge < -0.3 is 24.7 Å². The van der Waals surface area contributed by atoms with Crippen molar-refractivity contribution in [2.45, 2.75) is 24.5 Å². The number of aromatic nitrogens is 5. The topological polar surface area (TPSA) is 164 Å². The molecule has 4 atom stereocenters. The first kappa shape index (κ1) is 19.8. The molecule has 3 aromatic rings. The molecule has 12 nitrogen and oxygen atoms in total. The molecule has 135 valence electrons. The summed E-state index contributed by atoms with van der Waals surface area (Å²) in [4.78, 5) is 30.2. The van der Waals surface area contributed by atoms with Gasteiger partial charge in [-0.25, -0.2) is 19.5 Å². The second kappa shape index (κ2) is 7.24. The van der Waals surface area contributed by atoms with E-state index in [0.717, 1.165) is 0 Å². The first-order valence-electron chi connectivity index (χ1n) is 7.21. The average molecular weight is 394 g/mol. The average Bonchev–Trinajstić information content (AvgIpc) is 3.23. The van der Waals surface area contributed by atoms with Gasteiger partial charge in [-0.2, -0.15) is 0 Å². The van der Waals surface area contributed by atoms with E-state index in [1.165, 1.54) is 17.2 Å². The zero-order valence-electron chi connectivity index (χ0n) is 13.5. The summed E-state index contributed by atoms with van der Waals surface area (Å²) in [6.07, 6.45) is 1.28. The Balaban J connectivity index is 0.00000196. The Morgan fingerprint density at radius 3 is 2.65 bits per heavy atom. The standard InChI is InChI=1S/C12H14N5O7P.Na/c18-8-6(3-23-25(20,21)22)24-12(9(8)19)17-5-14-7-10-13-1-2-16(10)4-15-11(7)17;/h1-2,4-6,8-9,12,18-19H,3H2,(H2,20,21,22);. The van der Waals surface area contributed by atoms with Crippen LogP contribution in [0.1, 0.15) is 6.23 Å². The van der Waals surface area contributed by atoms with Gasteiger partial charge in [0.15, 0.2) is 23.0 Å². The van der Waals surface area contributed by atoms with Gasteiger partial charge in [0.1, 0.15) is 24.6 Å². The minimum atomic E-state index is -4.72. The maximum atomic E-state index is 10.8. The van der Waals surface area contributed by atoms with Gasteiger partial charge in [0.25, 0.3) is 0 Å². The monoisotopic (exact) mass is 394 g/mol. The first-order valence-corrected chi connectivity index (χ1v) is 8.74. The number of hydrogen-bond acceptors (Lipinski definition) is 8. The van der Waals surface area contributed by atoms with Crippen LogP contribution in [0.5, 0.6) is 0 Å². The molecule has 0 spiro atoms. The van der Waals surface area contributed by atoms with Crippen molar-refractivity contribution in [3.05, 3.63) is 25.0 Å². The van der Waals surface area contributed by atoms with E-state index in [4.69, 9.17) is 14.5 Å². The van der Waals surface area contributed by atoms with Gasteiger partial charge >= 0.3 is 7.82 Å². The Hall–Kier alpha value is -0.920. The fourth-order valence-electron chi connectivity index (χ4n) is 2.80. The Bertz CT molecular complexity index is 973. The molecule has 0 aromatic carbocycles. The Kier molecular flexibility index (Phi) is 5.53. The predicted octanol–water partition coefficient (Wildman–Crippen LogP) is -1.57. The zero-order valence-corrected chi connectivity index (χ0v) is 16.4. The van der Waals surface area contributed by atoms with E-state index in [1.807, 2.05) is 0 Å². The van der Waals surface area contributed by atoms with E-state index in [2.05, 4.69) is 19.5 Å². The Labute approximate surface area is 167 Å². The number of phosphoric acid groups is 1. The van der Waals surface area contributed by atoms with Crippen LogP contribution in [0.15, 0.2) is 25.0 Å². The number of nitrogens with zero attached hydrogens (tertiary/aromatic N) is 5. The molecule has 0 bridgehead atoms. The number of hydrogen-bond donors (Lipinski definition) is 4. The molecule has 0 amide bonds. The number of rotatable bonds is 4. The van der Waals surface area contributed by atoms with Crippen LogP contribution in [0.25, 0.3) is 16.8 Å². The molecule has 1 aliphatic heterocycles. The van der Waals surface area contributed by atoms with Gasteiger partial charge in [-0.05, 0) is 0 Å². The van der Waals surface area contributed by atoms with Gasteiger partial charge in [0, 0.05) is 42.0 Å². The molecular weight excluding hydrogens is 380 g/mol. The van der Waals surface area contributed by atoms with Crippen LogP contribution < -0.4 is 0 Å². The fraction of sp³-hybridized carbons (Fsp3) is 0.417. The third-order valence-electron chi connectivity index (χ3n) is 3.97. The largest absolute Gasteiger partial charge is 0.469 e. The molecule has 4 unspecified atom stereocenters. The summed E-state index contributed by atoms with van der Waals surface area (Å²) in [5.41, 5.74) is 1.43. The molecule has 0 aliphatic carbocycles. The summed E-state index contributed by atoms with van der Waals surface area (Å²) >= 11 is 0. The smallest absolute Gasteiger partial charge is 0.387 e. The fourth-order valence-corrected chi connectivity index (χ4v) is 3.14. The van der Waals surface area contributed by atoms with Crippen molar-refractivity contribution < 1.29 is 33.8 Å². The molecule has 1 saturated heterocycles. The zero-order chi connectivity index (χ0) is 17.8. The minimum absolute atomic E-state index is 0. The Morgan fingerprint density at radius 1 is 1.15 bits per heavy atom.